The monoisotopic (exact) mass is 439 g/mol. The van der Waals surface area contributed by atoms with Crippen molar-refractivity contribution in [2.45, 2.75) is 47.2 Å². The number of imide groups is 1. The van der Waals surface area contributed by atoms with E-state index in [-0.39, 0.29) is 23.7 Å². The average Bonchev–Trinajstić information content (AvgIpc) is 3.24. The van der Waals surface area contributed by atoms with Crippen molar-refractivity contribution in [3.63, 3.8) is 0 Å². The fourth-order valence-electron chi connectivity index (χ4n) is 4.07. The van der Waals surface area contributed by atoms with Crippen LogP contribution in [0.3, 0.4) is 0 Å². The highest BCUT2D eigenvalue weighted by molar-refractivity contribution is 6.23. The lowest BCUT2D eigenvalue weighted by Gasteiger charge is -2.35. The fourth-order valence-corrected chi connectivity index (χ4v) is 4.07. The second kappa shape index (κ2) is 7.96. The molecular weight excluding hydrogens is 411 g/mol. The lowest BCUT2D eigenvalue weighted by molar-refractivity contribution is -0.553. The van der Waals surface area contributed by atoms with Crippen molar-refractivity contribution in [3.05, 3.63) is 52.6 Å². The highest BCUT2D eigenvalue weighted by Crippen LogP contribution is 2.24. The first-order valence-corrected chi connectivity index (χ1v) is 10.7. The third-order valence-electron chi connectivity index (χ3n) is 6.05. The number of hydrogen-bond donors (Lipinski definition) is 0. The minimum atomic E-state index is -0.763. The van der Waals surface area contributed by atoms with Crippen LogP contribution in [-0.2, 0) is 11.3 Å². The van der Waals surface area contributed by atoms with E-state index in [1.807, 2.05) is 39.2 Å². The van der Waals surface area contributed by atoms with E-state index in [2.05, 4.69) is 5.10 Å². The number of carbonyl (C=O) groups excluding carboxylic acids is 2. The predicted molar refractivity (Wildman–Crippen MR) is 118 cm³/mol. The molecule has 8 nitrogen and oxygen atoms in total. The third-order valence-corrected chi connectivity index (χ3v) is 6.05. The molecule has 4 rings (SSSR count). The zero-order valence-corrected chi connectivity index (χ0v) is 19.3. The highest BCUT2D eigenvalue weighted by Gasteiger charge is 2.53. The predicted octanol–water partition coefficient (Wildman–Crippen LogP) is 2.69. The maximum atomic E-state index is 13.5. The summed E-state index contributed by atoms with van der Waals surface area (Å²) in [6.07, 6.45) is 0. The first-order chi connectivity index (χ1) is 15.1. The Morgan fingerprint density at radius 3 is 2.34 bits per heavy atom. The molecule has 0 N–H and O–H groups in total. The molecule has 1 atom stereocenters. The van der Waals surface area contributed by atoms with Crippen LogP contribution in [0.1, 0.15) is 36.4 Å². The van der Waals surface area contributed by atoms with E-state index in [4.69, 9.17) is 4.99 Å². The largest absolute Gasteiger partial charge is 0.421 e. The summed E-state index contributed by atoms with van der Waals surface area (Å²) in [6.45, 7) is 10.4. The van der Waals surface area contributed by atoms with E-state index < -0.39 is 6.04 Å². The molecule has 1 aromatic heterocycles. The van der Waals surface area contributed by atoms with Gasteiger partial charge in [-0.2, -0.15) is 0 Å². The highest BCUT2D eigenvalue weighted by atomic mass is 19.1. The number of amidine groups is 1. The Morgan fingerprint density at radius 1 is 1.12 bits per heavy atom. The lowest BCUT2D eigenvalue weighted by atomic mass is 10.1. The molecule has 1 aromatic carbocycles. The van der Waals surface area contributed by atoms with Crippen LogP contribution < -0.4 is 0 Å². The molecule has 1 fully saturated rings. The van der Waals surface area contributed by atoms with Crippen molar-refractivity contribution in [2.75, 3.05) is 13.6 Å². The summed E-state index contributed by atoms with van der Waals surface area (Å²) >= 11 is 0. The van der Waals surface area contributed by atoms with E-state index >= 15 is 0 Å². The number of aliphatic imine (C=N–C) groups is 1. The van der Waals surface area contributed by atoms with Gasteiger partial charge in [0.15, 0.2) is 0 Å². The smallest absolute Gasteiger partial charge is 0.270 e. The number of carbonyl (C=O) groups is 2. The lowest BCUT2D eigenvalue weighted by Crippen LogP contribution is -2.63. The number of urea groups is 1. The van der Waals surface area contributed by atoms with E-state index in [0.29, 0.717) is 24.9 Å². The number of aryl methyl sites for hydroxylation is 1. The van der Waals surface area contributed by atoms with E-state index in [1.165, 1.54) is 21.9 Å². The van der Waals surface area contributed by atoms with Gasteiger partial charge in [0.1, 0.15) is 11.5 Å². The molecule has 2 aliphatic heterocycles. The zero-order chi connectivity index (χ0) is 23.3. The van der Waals surface area contributed by atoms with Gasteiger partial charge in [0.2, 0.25) is 11.9 Å². The van der Waals surface area contributed by atoms with Gasteiger partial charge in [0.05, 0.1) is 12.2 Å². The number of aromatic nitrogens is 2. The second-order valence-corrected chi connectivity index (χ2v) is 8.82. The number of likely N-dealkylation sites (N-methyl/N-ethyl adjacent to an activating group) is 1. The van der Waals surface area contributed by atoms with Crippen molar-refractivity contribution < 1.29 is 18.6 Å². The minimum Gasteiger partial charge on any atom is -0.270 e. The van der Waals surface area contributed by atoms with Crippen LogP contribution in [0.15, 0.2) is 29.3 Å². The van der Waals surface area contributed by atoms with Crippen LogP contribution in [-0.4, -0.2) is 67.5 Å². The SMILES string of the molecule is Cc1nn(C2=[N+](Cc3ccc(F)cc3)C3C(=O)N(CC(C)C)C(=O)N(C)C3=N2)c(C)c1C. The third kappa shape index (κ3) is 3.51. The van der Waals surface area contributed by atoms with Crippen LogP contribution in [0.5, 0.6) is 0 Å². The molecular formula is C23H28FN6O2+. The van der Waals surface area contributed by atoms with Gasteiger partial charge in [-0.15, -0.1) is 9.78 Å². The van der Waals surface area contributed by atoms with Gasteiger partial charge in [0.25, 0.3) is 5.91 Å². The van der Waals surface area contributed by atoms with Gasteiger partial charge < -0.3 is 0 Å². The number of hydrogen-bond acceptors (Lipinski definition) is 4. The number of nitrogens with zero attached hydrogens (tertiary/aromatic N) is 6. The Hall–Kier alpha value is -3.36. The summed E-state index contributed by atoms with van der Waals surface area (Å²) in [6, 6.07) is 5.01. The van der Waals surface area contributed by atoms with Gasteiger partial charge in [-0.25, -0.2) is 13.8 Å². The van der Waals surface area contributed by atoms with Crippen LogP contribution in [0, 0.1) is 32.5 Å². The van der Waals surface area contributed by atoms with Crippen LogP contribution in [0.4, 0.5) is 9.18 Å². The summed E-state index contributed by atoms with van der Waals surface area (Å²) in [4.78, 5) is 33.9. The van der Waals surface area contributed by atoms with Gasteiger partial charge in [-0.1, -0.05) is 31.0 Å². The summed E-state index contributed by atoms with van der Waals surface area (Å²) in [5, 5.41) is 4.63. The molecule has 1 unspecified atom stereocenters. The molecule has 32 heavy (non-hydrogen) atoms. The Morgan fingerprint density at radius 2 is 1.78 bits per heavy atom. The molecule has 0 spiro atoms. The van der Waals surface area contributed by atoms with Gasteiger partial charge in [-0.3, -0.25) is 14.6 Å². The first kappa shape index (κ1) is 21.9. The molecule has 3 heterocycles. The normalized spacial score (nSPS) is 18.8. The zero-order valence-electron chi connectivity index (χ0n) is 19.3. The fraction of sp³-hybridized carbons (Fsp3) is 0.435. The molecule has 1 saturated heterocycles. The number of fused-ring (bicyclic) bond motifs is 1. The molecule has 0 aliphatic carbocycles. The standard InChI is InChI=1S/C23H28FN6O2/c1-13(2)11-29-21(31)19-20(27(6)23(29)32)25-22(30-16(5)14(3)15(4)26-30)28(19)12-17-7-9-18(24)10-8-17/h7-10,13,19H,11-12H2,1-6H3/q+1. The van der Waals surface area contributed by atoms with Gasteiger partial charge >= 0.3 is 12.0 Å². The summed E-state index contributed by atoms with van der Waals surface area (Å²) in [5.41, 5.74) is 3.63. The summed E-state index contributed by atoms with van der Waals surface area (Å²) in [7, 11) is 1.64. The van der Waals surface area contributed by atoms with Crippen molar-refractivity contribution in [2.24, 2.45) is 10.9 Å². The molecule has 0 bridgehead atoms. The Kier molecular flexibility index (Phi) is 5.44. The molecule has 2 aromatic rings. The topological polar surface area (TPSA) is 73.8 Å². The molecule has 0 radical (unpaired) electrons. The first-order valence-electron chi connectivity index (χ1n) is 10.7. The number of benzene rings is 1. The van der Waals surface area contributed by atoms with Gasteiger partial charge in [0, 0.05) is 19.2 Å². The van der Waals surface area contributed by atoms with Crippen LogP contribution >= 0.6 is 0 Å². The summed E-state index contributed by atoms with van der Waals surface area (Å²) < 4.78 is 17.0. The number of rotatable bonds is 4. The number of halogens is 1. The molecule has 0 saturated carbocycles. The minimum absolute atomic E-state index is 0.129. The van der Waals surface area contributed by atoms with Crippen molar-refractivity contribution in [1.29, 1.82) is 0 Å². The maximum absolute atomic E-state index is 13.5. The van der Waals surface area contributed by atoms with Crippen LogP contribution in [0.25, 0.3) is 0 Å². The Balaban J connectivity index is 1.87. The van der Waals surface area contributed by atoms with E-state index in [0.717, 1.165) is 22.5 Å². The maximum Gasteiger partial charge on any atom is 0.421 e. The van der Waals surface area contributed by atoms with Gasteiger partial charge in [-0.05, 0) is 44.4 Å². The summed E-state index contributed by atoms with van der Waals surface area (Å²) in [5.74, 6) is 0.345. The van der Waals surface area contributed by atoms with E-state index in [9.17, 15) is 14.0 Å². The van der Waals surface area contributed by atoms with Crippen molar-refractivity contribution >= 4 is 23.7 Å². The molecule has 168 valence electrons. The average molecular weight is 440 g/mol. The molecule has 3 amide bonds. The quantitative estimate of drug-likeness (QED) is 0.688. The molecule has 2 aliphatic rings. The van der Waals surface area contributed by atoms with Crippen molar-refractivity contribution in [1.82, 2.24) is 19.6 Å². The van der Waals surface area contributed by atoms with E-state index in [1.54, 1.807) is 23.9 Å². The molecule has 9 heteroatoms. The number of amides is 3. The van der Waals surface area contributed by atoms with Crippen molar-refractivity contribution in [3.8, 4) is 0 Å². The Labute approximate surface area is 186 Å². The second-order valence-electron chi connectivity index (χ2n) is 8.82. The van der Waals surface area contributed by atoms with Crippen LogP contribution in [0.2, 0.25) is 0 Å². The Bertz CT molecular complexity index is 1160.